The Morgan fingerprint density at radius 2 is 1.93 bits per heavy atom. The third-order valence-electron chi connectivity index (χ3n) is 2.16. The Balaban J connectivity index is 3.52. The summed E-state index contributed by atoms with van der Waals surface area (Å²) in [7, 11) is 1.85. The van der Waals surface area contributed by atoms with Crippen molar-refractivity contribution < 1.29 is 9.90 Å². The largest absolute Gasteiger partial charge is 0.396 e. The summed E-state index contributed by atoms with van der Waals surface area (Å²) in [5.74, 6) is 0.659. The van der Waals surface area contributed by atoms with Gasteiger partial charge in [-0.05, 0) is 25.2 Å². The predicted molar refractivity (Wildman–Crippen MR) is 58.0 cm³/mol. The highest BCUT2D eigenvalue weighted by atomic mass is 16.2. The Kier molecular flexibility index (Phi) is 7.48. The maximum atomic E-state index is 11.5. The normalized spacial score (nSPS) is 10.6. The number of hydrogen-bond acceptors (Lipinski definition) is 2. The second-order valence-electron chi connectivity index (χ2n) is 4.20. The molecule has 3 nitrogen and oxygen atoms in total. The second kappa shape index (κ2) is 7.80. The van der Waals surface area contributed by atoms with Crippen LogP contribution in [0, 0.1) is 5.92 Å². The van der Waals surface area contributed by atoms with Crippen LogP contribution >= 0.6 is 0 Å². The zero-order chi connectivity index (χ0) is 11.0. The smallest absolute Gasteiger partial charge is 0.222 e. The van der Waals surface area contributed by atoms with Crippen LogP contribution in [-0.2, 0) is 4.79 Å². The van der Waals surface area contributed by atoms with Gasteiger partial charge in [0.2, 0.25) is 5.91 Å². The van der Waals surface area contributed by atoms with Crippen molar-refractivity contribution in [3.63, 3.8) is 0 Å². The lowest BCUT2D eigenvalue weighted by Crippen LogP contribution is -2.28. The molecule has 1 N–H and O–H groups in total. The molecule has 0 spiro atoms. The summed E-state index contributed by atoms with van der Waals surface area (Å²) in [5, 5.41) is 8.58. The van der Waals surface area contributed by atoms with Crippen molar-refractivity contribution in [3.05, 3.63) is 0 Å². The van der Waals surface area contributed by atoms with E-state index in [1.54, 1.807) is 4.90 Å². The molecule has 0 heterocycles. The molecular formula is C11H23NO2. The van der Waals surface area contributed by atoms with E-state index in [0.29, 0.717) is 12.3 Å². The van der Waals surface area contributed by atoms with Crippen molar-refractivity contribution >= 4 is 5.91 Å². The molecule has 0 aliphatic carbocycles. The molecule has 0 aromatic heterocycles. The summed E-state index contributed by atoms with van der Waals surface area (Å²) in [6, 6.07) is 0. The van der Waals surface area contributed by atoms with Crippen LogP contribution in [0.5, 0.6) is 0 Å². The molecule has 0 unspecified atom stereocenters. The van der Waals surface area contributed by atoms with Crippen molar-refractivity contribution in [2.45, 2.75) is 39.5 Å². The van der Waals surface area contributed by atoms with Gasteiger partial charge in [0, 0.05) is 26.6 Å². The van der Waals surface area contributed by atoms with Crippen LogP contribution in [0.1, 0.15) is 39.5 Å². The minimum atomic E-state index is 0.226. The molecule has 1 amide bonds. The standard InChI is InChI=1S/C11H23NO2/c1-10(2)9-11(14)12(3)7-5-4-6-8-13/h10,13H,4-9H2,1-3H3. The topological polar surface area (TPSA) is 40.5 Å². The van der Waals surface area contributed by atoms with E-state index < -0.39 is 0 Å². The Morgan fingerprint density at radius 1 is 1.29 bits per heavy atom. The average Bonchev–Trinajstić information content (AvgIpc) is 2.11. The third-order valence-corrected chi connectivity index (χ3v) is 2.16. The first-order valence-electron chi connectivity index (χ1n) is 5.42. The van der Waals surface area contributed by atoms with E-state index in [-0.39, 0.29) is 12.5 Å². The SMILES string of the molecule is CC(C)CC(=O)N(C)CCCCCO. The van der Waals surface area contributed by atoms with Gasteiger partial charge in [-0.1, -0.05) is 13.8 Å². The molecule has 0 aromatic carbocycles. The number of unbranched alkanes of at least 4 members (excludes halogenated alkanes) is 2. The Morgan fingerprint density at radius 3 is 2.43 bits per heavy atom. The fraction of sp³-hybridized carbons (Fsp3) is 0.909. The van der Waals surface area contributed by atoms with Gasteiger partial charge in [0.05, 0.1) is 0 Å². The van der Waals surface area contributed by atoms with E-state index >= 15 is 0 Å². The van der Waals surface area contributed by atoms with Gasteiger partial charge in [0.1, 0.15) is 0 Å². The molecule has 0 aliphatic rings. The molecule has 0 rings (SSSR count). The highest BCUT2D eigenvalue weighted by Gasteiger charge is 2.09. The monoisotopic (exact) mass is 201 g/mol. The number of aliphatic hydroxyl groups excluding tert-OH is 1. The summed E-state index contributed by atoms with van der Waals surface area (Å²) >= 11 is 0. The lowest BCUT2D eigenvalue weighted by atomic mass is 10.1. The van der Waals surface area contributed by atoms with Crippen LogP contribution in [0.15, 0.2) is 0 Å². The van der Waals surface area contributed by atoms with E-state index in [0.717, 1.165) is 25.8 Å². The van der Waals surface area contributed by atoms with Crippen molar-refractivity contribution in [1.29, 1.82) is 0 Å². The minimum absolute atomic E-state index is 0.226. The van der Waals surface area contributed by atoms with E-state index in [1.165, 1.54) is 0 Å². The van der Waals surface area contributed by atoms with Gasteiger partial charge in [0.15, 0.2) is 0 Å². The van der Waals surface area contributed by atoms with Crippen LogP contribution in [0.4, 0.5) is 0 Å². The fourth-order valence-corrected chi connectivity index (χ4v) is 1.27. The average molecular weight is 201 g/mol. The number of carbonyl (C=O) groups excluding carboxylic acids is 1. The van der Waals surface area contributed by atoms with Gasteiger partial charge in [0.25, 0.3) is 0 Å². The third kappa shape index (κ3) is 6.89. The first kappa shape index (κ1) is 13.4. The number of rotatable bonds is 7. The molecule has 0 aromatic rings. The van der Waals surface area contributed by atoms with Gasteiger partial charge in [-0.2, -0.15) is 0 Å². The van der Waals surface area contributed by atoms with Crippen molar-refractivity contribution in [3.8, 4) is 0 Å². The Bertz CT molecular complexity index is 157. The van der Waals surface area contributed by atoms with Crippen molar-refractivity contribution in [1.82, 2.24) is 4.90 Å². The summed E-state index contributed by atoms with van der Waals surface area (Å²) in [6.45, 7) is 5.17. The van der Waals surface area contributed by atoms with Gasteiger partial charge >= 0.3 is 0 Å². The molecular weight excluding hydrogens is 178 g/mol. The Labute approximate surface area is 87.1 Å². The number of aliphatic hydroxyl groups is 1. The lowest BCUT2D eigenvalue weighted by Gasteiger charge is -2.18. The van der Waals surface area contributed by atoms with Crippen LogP contribution < -0.4 is 0 Å². The Hall–Kier alpha value is -0.570. The summed E-state index contributed by atoms with van der Waals surface area (Å²) in [6.07, 6.45) is 3.46. The summed E-state index contributed by atoms with van der Waals surface area (Å²) < 4.78 is 0. The predicted octanol–water partition coefficient (Wildman–Crippen LogP) is 1.65. The fourth-order valence-electron chi connectivity index (χ4n) is 1.27. The van der Waals surface area contributed by atoms with Gasteiger partial charge in [-0.3, -0.25) is 4.79 Å². The van der Waals surface area contributed by atoms with E-state index in [2.05, 4.69) is 13.8 Å². The molecule has 0 saturated carbocycles. The first-order chi connectivity index (χ1) is 6.57. The molecule has 14 heavy (non-hydrogen) atoms. The molecule has 0 fully saturated rings. The zero-order valence-electron chi connectivity index (χ0n) is 9.62. The number of amides is 1. The summed E-state index contributed by atoms with van der Waals surface area (Å²) in [5.41, 5.74) is 0. The number of nitrogens with zero attached hydrogens (tertiary/aromatic N) is 1. The maximum Gasteiger partial charge on any atom is 0.222 e. The van der Waals surface area contributed by atoms with Gasteiger partial charge in [-0.25, -0.2) is 0 Å². The summed E-state index contributed by atoms with van der Waals surface area (Å²) in [4.78, 5) is 13.3. The van der Waals surface area contributed by atoms with Crippen molar-refractivity contribution in [2.24, 2.45) is 5.92 Å². The molecule has 0 bridgehead atoms. The highest BCUT2D eigenvalue weighted by molar-refractivity contribution is 5.75. The first-order valence-corrected chi connectivity index (χ1v) is 5.42. The van der Waals surface area contributed by atoms with Crippen LogP contribution in [0.25, 0.3) is 0 Å². The number of hydrogen-bond donors (Lipinski definition) is 1. The van der Waals surface area contributed by atoms with Crippen LogP contribution in [0.3, 0.4) is 0 Å². The molecule has 0 saturated heterocycles. The quantitative estimate of drug-likeness (QED) is 0.636. The van der Waals surface area contributed by atoms with Crippen molar-refractivity contribution in [2.75, 3.05) is 20.2 Å². The van der Waals surface area contributed by atoms with Crippen LogP contribution in [0.2, 0.25) is 0 Å². The molecule has 0 radical (unpaired) electrons. The zero-order valence-corrected chi connectivity index (χ0v) is 9.62. The van der Waals surface area contributed by atoms with Gasteiger partial charge < -0.3 is 10.0 Å². The molecule has 0 aliphatic heterocycles. The van der Waals surface area contributed by atoms with E-state index in [9.17, 15) is 4.79 Å². The highest BCUT2D eigenvalue weighted by Crippen LogP contribution is 2.04. The maximum absolute atomic E-state index is 11.5. The molecule has 0 atom stereocenters. The van der Waals surface area contributed by atoms with E-state index in [1.807, 2.05) is 7.05 Å². The minimum Gasteiger partial charge on any atom is -0.396 e. The second-order valence-corrected chi connectivity index (χ2v) is 4.20. The van der Waals surface area contributed by atoms with Gasteiger partial charge in [-0.15, -0.1) is 0 Å². The van der Waals surface area contributed by atoms with Crippen LogP contribution in [-0.4, -0.2) is 36.1 Å². The number of carbonyl (C=O) groups is 1. The van der Waals surface area contributed by atoms with E-state index in [4.69, 9.17) is 5.11 Å². The lowest BCUT2D eigenvalue weighted by molar-refractivity contribution is -0.130. The molecule has 84 valence electrons. The molecule has 3 heteroatoms.